The summed E-state index contributed by atoms with van der Waals surface area (Å²) >= 11 is 17.2. The fraction of sp³-hybridized carbons (Fsp3) is 0.200. The van der Waals surface area contributed by atoms with E-state index in [0.29, 0.717) is 17.1 Å². The van der Waals surface area contributed by atoms with Gasteiger partial charge in [0.2, 0.25) is 0 Å². The van der Waals surface area contributed by atoms with Crippen LogP contribution < -0.4 is 15.5 Å². The summed E-state index contributed by atoms with van der Waals surface area (Å²) in [6, 6.07) is 19.4. The zero-order valence-electron chi connectivity index (χ0n) is 18.2. The molecule has 2 N–H and O–H groups in total. The molecule has 34 heavy (non-hydrogen) atoms. The number of nitrogens with zero attached hydrogens (tertiary/aromatic N) is 2. The summed E-state index contributed by atoms with van der Waals surface area (Å²) in [5.74, 6) is -0.567. The second kappa shape index (κ2) is 11.1. The molecule has 0 saturated carbocycles. The standard InChI is InChI=1S/C25H23Cl2FN4OS/c26-18-5-10-21(22(27)15-18)24(33)30-25(34)29-19-6-8-20(9-7-19)32-13-11-31(12-14-32)16-17-3-1-2-4-23(17)28/h1-10,15H,11-14,16H2,(H2,29,30,33,34). The molecule has 1 heterocycles. The van der Waals surface area contributed by atoms with Gasteiger partial charge in [-0.3, -0.25) is 15.0 Å². The first-order chi connectivity index (χ1) is 16.4. The number of hydrogen-bond acceptors (Lipinski definition) is 4. The topological polar surface area (TPSA) is 47.6 Å². The second-order valence-electron chi connectivity index (χ2n) is 7.93. The molecule has 1 amide bonds. The van der Waals surface area contributed by atoms with Gasteiger partial charge >= 0.3 is 0 Å². The van der Waals surface area contributed by atoms with Crippen LogP contribution >= 0.6 is 35.4 Å². The maximum absolute atomic E-state index is 13.9. The van der Waals surface area contributed by atoms with Crippen molar-refractivity contribution in [2.24, 2.45) is 0 Å². The molecule has 5 nitrogen and oxygen atoms in total. The van der Waals surface area contributed by atoms with E-state index < -0.39 is 5.91 Å². The molecule has 0 aromatic heterocycles. The number of hydrogen-bond donors (Lipinski definition) is 2. The maximum Gasteiger partial charge on any atom is 0.258 e. The van der Waals surface area contributed by atoms with Gasteiger partial charge in [-0.2, -0.15) is 0 Å². The van der Waals surface area contributed by atoms with Crippen molar-refractivity contribution in [3.8, 4) is 0 Å². The third kappa shape index (κ3) is 6.24. The first-order valence-electron chi connectivity index (χ1n) is 10.8. The van der Waals surface area contributed by atoms with E-state index in [-0.39, 0.29) is 16.0 Å². The molecule has 4 rings (SSSR count). The third-order valence-corrected chi connectivity index (χ3v) is 6.37. The summed E-state index contributed by atoms with van der Waals surface area (Å²) in [6.45, 7) is 4.05. The number of piperazine rings is 1. The summed E-state index contributed by atoms with van der Waals surface area (Å²) < 4.78 is 13.9. The van der Waals surface area contributed by atoms with E-state index in [0.717, 1.165) is 43.1 Å². The van der Waals surface area contributed by atoms with Crippen LogP contribution in [0.15, 0.2) is 66.7 Å². The van der Waals surface area contributed by atoms with Gasteiger partial charge in [-0.05, 0) is 60.7 Å². The Morgan fingerprint density at radius 3 is 2.35 bits per heavy atom. The van der Waals surface area contributed by atoms with Crippen molar-refractivity contribution in [1.29, 1.82) is 0 Å². The van der Waals surface area contributed by atoms with E-state index in [1.807, 2.05) is 36.4 Å². The molecule has 3 aromatic rings. The predicted molar refractivity (Wildman–Crippen MR) is 140 cm³/mol. The minimum absolute atomic E-state index is 0.154. The Kier molecular flexibility index (Phi) is 8.00. The van der Waals surface area contributed by atoms with Crippen molar-refractivity contribution < 1.29 is 9.18 Å². The Labute approximate surface area is 213 Å². The Morgan fingerprint density at radius 1 is 0.971 bits per heavy atom. The molecule has 1 saturated heterocycles. The van der Waals surface area contributed by atoms with E-state index in [9.17, 15) is 9.18 Å². The molecule has 1 aliphatic rings. The van der Waals surface area contributed by atoms with Gasteiger partial charge in [0, 0.05) is 54.7 Å². The molecule has 0 atom stereocenters. The number of rotatable bonds is 5. The molecule has 0 bridgehead atoms. The number of carbonyl (C=O) groups is 1. The minimum atomic E-state index is -0.413. The number of halogens is 3. The summed E-state index contributed by atoms with van der Waals surface area (Å²) in [4.78, 5) is 17.0. The molecular formula is C25H23Cl2FN4OS. The van der Waals surface area contributed by atoms with Gasteiger partial charge in [-0.25, -0.2) is 4.39 Å². The van der Waals surface area contributed by atoms with Crippen LogP contribution in [-0.4, -0.2) is 42.1 Å². The monoisotopic (exact) mass is 516 g/mol. The highest BCUT2D eigenvalue weighted by atomic mass is 35.5. The fourth-order valence-corrected chi connectivity index (χ4v) is 4.50. The van der Waals surface area contributed by atoms with Crippen LogP contribution in [0.25, 0.3) is 0 Å². The highest BCUT2D eigenvalue weighted by molar-refractivity contribution is 7.80. The minimum Gasteiger partial charge on any atom is -0.369 e. The highest BCUT2D eigenvalue weighted by Gasteiger charge is 2.18. The normalized spacial score (nSPS) is 14.0. The maximum atomic E-state index is 13.9. The van der Waals surface area contributed by atoms with E-state index >= 15 is 0 Å². The SMILES string of the molecule is O=C(NC(=S)Nc1ccc(N2CCN(Cc3ccccc3F)CC2)cc1)c1ccc(Cl)cc1Cl. The summed E-state index contributed by atoms with van der Waals surface area (Å²) in [5.41, 5.74) is 2.88. The lowest BCUT2D eigenvalue weighted by molar-refractivity contribution is 0.0978. The van der Waals surface area contributed by atoms with Crippen LogP contribution in [-0.2, 0) is 6.54 Å². The zero-order chi connectivity index (χ0) is 24.1. The lowest BCUT2D eigenvalue weighted by atomic mass is 10.1. The Balaban J connectivity index is 1.27. The van der Waals surface area contributed by atoms with Crippen LogP contribution in [0.2, 0.25) is 10.0 Å². The van der Waals surface area contributed by atoms with Crippen LogP contribution in [0.3, 0.4) is 0 Å². The molecule has 0 radical (unpaired) electrons. The zero-order valence-corrected chi connectivity index (χ0v) is 20.6. The highest BCUT2D eigenvalue weighted by Crippen LogP contribution is 2.22. The van der Waals surface area contributed by atoms with Crippen LogP contribution in [0.1, 0.15) is 15.9 Å². The molecule has 1 fully saturated rings. The van der Waals surface area contributed by atoms with Crippen molar-refractivity contribution >= 4 is 57.8 Å². The van der Waals surface area contributed by atoms with Crippen LogP contribution in [0.5, 0.6) is 0 Å². The molecule has 176 valence electrons. The van der Waals surface area contributed by atoms with Gasteiger partial charge in [0.25, 0.3) is 5.91 Å². The van der Waals surface area contributed by atoms with Crippen molar-refractivity contribution in [1.82, 2.24) is 10.2 Å². The lowest BCUT2D eigenvalue weighted by Crippen LogP contribution is -2.46. The van der Waals surface area contributed by atoms with E-state index in [4.69, 9.17) is 35.4 Å². The van der Waals surface area contributed by atoms with Crippen molar-refractivity contribution in [2.75, 3.05) is 36.4 Å². The van der Waals surface area contributed by atoms with Crippen molar-refractivity contribution in [3.05, 3.63) is 93.7 Å². The second-order valence-corrected chi connectivity index (χ2v) is 9.19. The van der Waals surface area contributed by atoms with Gasteiger partial charge in [-0.15, -0.1) is 0 Å². The summed E-state index contributed by atoms with van der Waals surface area (Å²) in [7, 11) is 0. The van der Waals surface area contributed by atoms with Gasteiger partial charge in [0.15, 0.2) is 5.11 Å². The summed E-state index contributed by atoms with van der Waals surface area (Å²) in [6.07, 6.45) is 0. The smallest absolute Gasteiger partial charge is 0.258 e. The Morgan fingerprint density at radius 2 is 1.68 bits per heavy atom. The van der Waals surface area contributed by atoms with Gasteiger partial charge in [0.1, 0.15) is 5.82 Å². The largest absolute Gasteiger partial charge is 0.369 e. The van der Waals surface area contributed by atoms with Gasteiger partial charge in [0.05, 0.1) is 10.6 Å². The molecule has 3 aromatic carbocycles. The summed E-state index contributed by atoms with van der Waals surface area (Å²) in [5, 5.41) is 6.51. The number of amides is 1. The number of nitrogens with one attached hydrogen (secondary N) is 2. The van der Waals surface area contributed by atoms with Crippen LogP contribution in [0.4, 0.5) is 15.8 Å². The molecular weight excluding hydrogens is 494 g/mol. The third-order valence-electron chi connectivity index (χ3n) is 5.62. The molecule has 0 unspecified atom stereocenters. The van der Waals surface area contributed by atoms with E-state index in [2.05, 4.69) is 20.4 Å². The van der Waals surface area contributed by atoms with E-state index in [1.165, 1.54) is 12.1 Å². The van der Waals surface area contributed by atoms with Crippen molar-refractivity contribution in [3.63, 3.8) is 0 Å². The van der Waals surface area contributed by atoms with Gasteiger partial charge in [-0.1, -0.05) is 41.4 Å². The Hall–Kier alpha value is -2.71. The fourth-order valence-electron chi connectivity index (χ4n) is 3.79. The average molecular weight is 517 g/mol. The first kappa shape index (κ1) is 24.4. The van der Waals surface area contributed by atoms with Crippen LogP contribution in [0, 0.1) is 5.82 Å². The molecule has 9 heteroatoms. The predicted octanol–water partition coefficient (Wildman–Crippen LogP) is 5.58. The number of anilines is 2. The lowest BCUT2D eigenvalue weighted by Gasteiger charge is -2.36. The first-order valence-corrected chi connectivity index (χ1v) is 11.9. The Bertz CT molecular complexity index is 1180. The molecule has 0 aliphatic carbocycles. The molecule has 0 spiro atoms. The number of thiocarbonyl (C=S) groups is 1. The molecule has 1 aliphatic heterocycles. The average Bonchev–Trinajstić information content (AvgIpc) is 2.81. The number of carbonyl (C=O) groups excluding carboxylic acids is 1. The van der Waals surface area contributed by atoms with Crippen molar-refractivity contribution in [2.45, 2.75) is 6.54 Å². The van der Waals surface area contributed by atoms with Gasteiger partial charge < -0.3 is 10.2 Å². The van der Waals surface area contributed by atoms with E-state index in [1.54, 1.807) is 18.2 Å². The quantitative estimate of drug-likeness (QED) is 0.433. The number of benzene rings is 3.